The lowest BCUT2D eigenvalue weighted by atomic mass is 10.1. The Morgan fingerprint density at radius 2 is 2.19 bits per heavy atom. The molecule has 0 saturated heterocycles. The number of aromatic nitrogens is 2. The number of anilines is 1. The van der Waals surface area contributed by atoms with Gasteiger partial charge in [-0.25, -0.2) is 0 Å². The van der Waals surface area contributed by atoms with Gasteiger partial charge in [0.1, 0.15) is 0 Å². The predicted molar refractivity (Wildman–Crippen MR) is 84.8 cm³/mol. The highest BCUT2D eigenvalue weighted by atomic mass is 35.5. The van der Waals surface area contributed by atoms with Gasteiger partial charge in [0.05, 0.1) is 16.4 Å². The highest BCUT2D eigenvalue weighted by Crippen LogP contribution is 2.24. The Hall–Kier alpha value is -2.01. The van der Waals surface area contributed by atoms with Gasteiger partial charge in [-0.15, -0.1) is 0 Å². The number of carbonyl (C=O) groups is 1. The molecule has 1 amide bonds. The Labute approximate surface area is 129 Å². The van der Waals surface area contributed by atoms with Crippen LogP contribution in [0, 0.1) is 0 Å². The molecule has 1 aromatic carbocycles. The first-order valence-electron chi connectivity index (χ1n) is 6.82. The normalized spacial score (nSPS) is 10.5. The molecule has 0 saturated carbocycles. The van der Waals surface area contributed by atoms with E-state index in [9.17, 15) is 4.79 Å². The molecular formula is C15H19ClN4O. The molecule has 1 heterocycles. The summed E-state index contributed by atoms with van der Waals surface area (Å²) in [7, 11) is 3.51. The van der Waals surface area contributed by atoms with E-state index in [0.717, 1.165) is 23.4 Å². The molecule has 0 spiro atoms. The van der Waals surface area contributed by atoms with Gasteiger partial charge < -0.3 is 10.6 Å². The summed E-state index contributed by atoms with van der Waals surface area (Å²) in [6, 6.07) is 5.18. The van der Waals surface area contributed by atoms with E-state index in [1.165, 1.54) is 0 Å². The number of amides is 1. The Morgan fingerprint density at radius 1 is 1.43 bits per heavy atom. The largest absolute Gasteiger partial charge is 0.380 e. The first-order valence-corrected chi connectivity index (χ1v) is 7.19. The van der Waals surface area contributed by atoms with Crippen molar-refractivity contribution in [3.63, 3.8) is 0 Å². The summed E-state index contributed by atoms with van der Waals surface area (Å²) >= 11 is 6.17. The second-order valence-electron chi connectivity index (χ2n) is 4.76. The van der Waals surface area contributed by atoms with Gasteiger partial charge in [-0.2, -0.15) is 5.10 Å². The van der Waals surface area contributed by atoms with Crippen LogP contribution < -0.4 is 10.6 Å². The lowest BCUT2D eigenvalue weighted by molar-refractivity contribution is 0.0963. The average Bonchev–Trinajstić information content (AvgIpc) is 2.85. The molecule has 1 aromatic heterocycles. The molecule has 2 N–H and O–H groups in total. The van der Waals surface area contributed by atoms with Crippen LogP contribution in [0.3, 0.4) is 0 Å². The van der Waals surface area contributed by atoms with Crippen molar-refractivity contribution in [2.24, 2.45) is 7.05 Å². The number of hydrogen-bond acceptors (Lipinski definition) is 3. The zero-order valence-electron chi connectivity index (χ0n) is 12.4. The zero-order chi connectivity index (χ0) is 15.4. The van der Waals surface area contributed by atoms with Crippen molar-refractivity contribution in [3.8, 4) is 0 Å². The fraction of sp³-hybridized carbons (Fsp3) is 0.333. The molecular weight excluding hydrogens is 288 g/mol. The zero-order valence-corrected chi connectivity index (χ0v) is 13.2. The maximum atomic E-state index is 11.7. The van der Waals surface area contributed by atoms with E-state index >= 15 is 0 Å². The van der Waals surface area contributed by atoms with Gasteiger partial charge in [0, 0.05) is 38.0 Å². The van der Waals surface area contributed by atoms with Gasteiger partial charge in [0.25, 0.3) is 5.91 Å². The number of aryl methyl sites for hydroxylation is 2. The fourth-order valence-electron chi connectivity index (χ4n) is 2.17. The average molecular weight is 307 g/mol. The van der Waals surface area contributed by atoms with E-state index in [0.29, 0.717) is 17.1 Å². The summed E-state index contributed by atoms with van der Waals surface area (Å²) in [5, 5.41) is 10.9. The van der Waals surface area contributed by atoms with Gasteiger partial charge in [0.15, 0.2) is 0 Å². The fourth-order valence-corrected chi connectivity index (χ4v) is 2.35. The van der Waals surface area contributed by atoms with E-state index in [1.807, 2.05) is 13.2 Å². The van der Waals surface area contributed by atoms with E-state index in [1.54, 1.807) is 29.9 Å². The second kappa shape index (κ2) is 6.63. The molecule has 2 rings (SSSR count). The Balaban J connectivity index is 2.17. The van der Waals surface area contributed by atoms with Crippen molar-refractivity contribution in [1.82, 2.24) is 15.1 Å². The van der Waals surface area contributed by atoms with Crippen molar-refractivity contribution in [1.29, 1.82) is 0 Å². The molecule has 6 heteroatoms. The van der Waals surface area contributed by atoms with Crippen LogP contribution in [0.5, 0.6) is 0 Å². The topological polar surface area (TPSA) is 59.0 Å². The van der Waals surface area contributed by atoms with Crippen LogP contribution in [0.15, 0.2) is 24.4 Å². The summed E-state index contributed by atoms with van der Waals surface area (Å²) in [5.74, 6) is -0.134. The third-order valence-corrected chi connectivity index (χ3v) is 3.58. The van der Waals surface area contributed by atoms with E-state index in [2.05, 4.69) is 22.7 Å². The maximum Gasteiger partial charge on any atom is 0.251 e. The molecule has 0 aliphatic heterocycles. The number of carbonyl (C=O) groups excluding carboxylic acids is 1. The molecule has 0 aliphatic carbocycles. The minimum absolute atomic E-state index is 0.134. The second-order valence-corrected chi connectivity index (χ2v) is 5.16. The number of rotatable bonds is 5. The molecule has 0 atom stereocenters. The van der Waals surface area contributed by atoms with Crippen LogP contribution in [0.4, 0.5) is 5.69 Å². The number of halogens is 1. The van der Waals surface area contributed by atoms with Crippen LogP contribution in [0.25, 0.3) is 0 Å². The Bertz CT molecular complexity index is 651. The first kappa shape index (κ1) is 15.4. The van der Waals surface area contributed by atoms with Crippen molar-refractivity contribution < 1.29 is 4.79 Å². The van der Waals surface area contributed by atoms with Crippen molar-refractivity contribution >= 4 is 23.2 Å². The van der Waals surface area contributed by atoms with Crippen LogP contribution in [0.1, 0.15) is 28.5 Å². The number of benzene rings is 1. The molecule has 112 valence electrons. The third kappa shape index (κ3) is 3.55. The minimum Gasteiger partial charge on any atom is -0.380 e. The summed E-state index contributed by atoms with van der Waals surface area (Å²) in [6.07, 6.45) is 2.87. The quantitative estimate of drug-likeness (QED) is 0.892. The van der Waals surface area contributed by atoms with E-state index in [-0.39, 0.29) is 5.91 Å². The molecule has 0 fully saturated rings. The molecule has 0 bridgehead atoms. The van der Waals surface area contributed by atoms with Crippen LogP contribution in [-0.2, 0) is 20.0 Å². The molecule has 21 heavy (non-hydrogen) atoms. The predicted octanol–water partition coefficient (Wildman–Crippen LogP) is 2.61. The van der Waals surface area contributed by atoms with Gasteiger partial charge in [0.2, 0.25) is 0 Å². The molecule has 5 nitrogen and oxygen atoms in total. The summed E-state index contributed by atoms with van der Waals surface area (Å²) < 4.78 is 1.80. The number of nitrogens with one attached hydrogen (secondary N) is 2. The summed E-state index contributed by atoms with van der Waals surface area (Å²) in [6.45, 7) is 2.69. The highest BCUT2D eigenvalue weighted by Gasteiger charge is 2.09. The monoisotopic (exact) mass is 306 g/mol. The molecule has 0 unspecified atom stereocenters. The standard InChI is InChI=1S/C15H19ClN4O/c1-4-13-11(9-20(3)19-13)8-18-14-7-10(15(21)17-2)5-6-12(14)16/h5-7,9,18H,4,8H2,1-3H3,(H,17,21). The van der Waals surface area contributed by atoms with E-state index in [4.69, 9.17) is 11.6 Å². The van der Waals surface area contributed by atoms with Gasteiger partial charge in [-0.1, -0.05) is 18.5 Å². The SMILES string of the molecule is CCc1nn(C)cc1CNc1cc(C(=O)NC)ccc1Cl. The smallest absolute Gasteiger partial charge is 0.251 e. The molecule has 2 aromatic rings. The Morgan fingerprint density at radius 3 is 2.86 bits per heavy atom. The Kier molecular flexibility index (Phi) is 4.85. The van der Waals surface area contributed by atoms with Crippen molar-refractivity contribution in [3.05, 3.63) is 46.2 Å². The van der Waals surface area contributed by atoms with Gasteiger partial charge in [-0.3, -0.25) is 9.48 Å². The van der Waals surface area contributed by atoms with Crippen LogP contribution >= 0.6 is 11.6 Å². The maximum absolute atomic E-state index is 11.7. The molecule has 0 aliphatic rings. The van der Waals surface area contributed by atoms with Gasteiger partial charge in [-0.05, 0) is 24.6 Å². The third-order valence-electron chi connectivity index (χ3n) is 3.25. The molecule has 0 radical (unpaired) electrons. The lowest BCUT2D eigenvalue weighted by Gasteiger charge is -2.10. The summed E-state index contributed by atoms with van der Waals surface area (Å²) in [5.41, 5.74) is 3.50. The van der Waals surface area contributed by atoms with Crippen molar-refractivity contribution in [2.75, 3.05) is 12.4 Å². The number of nitrogens with zero attached hydrogens (tertiary/aromatic N) is 2. The highest BCUT2D eigenvalue weighted by molar-refractivity contribution is 6.33. The van der Waals surface area contributed by atoms with Crippen LogP contribution in [0.2, 0.25) is 5.02 Å². The van der Waals surface area contributed by atoms with Crippen molar-refractivity contribution in [2.45, 2.75) is 19.9 Å². The van der Waals surface area contributed by atoms with Crippen LogP contribution in [-0.4, -0.2) is 22.7 Å². The van der Waals surface area contributed by atoms with Gasteiger partial charge >= 0.3 is 0 Å². The first-order chi connectivity index (χ1) is 10.0. The lowest BCUT2D eigenvalue weighted by Crippen LogP contribution is -2.17. The summed E-state index contributed by atoms with van der Waals surface area (Å²) in [4.78, 5) is 11.7. The van der Waals surface area contributed by atoms with E-state index < -0.39 is 0 Å². The minimum atomic E-state index is -0.134. The number of hydrogen-bond donors (Lipinski definition) is 2.